The summed E-state index contributed by atoms with van der Waals surface area (Å²) in [7, 11) is 1.65. The fraction of sp³-hybridized carbons (Fsp3) is 0.417. The molecular formula is C12H14ClNO2. The standard InChI is InChI=1S/C12H14ClNO2/c1-12(8-13)7-11(14-16-12)9-3-5-10(15-2)6-4-9/h3-6H,7-8H2,1-2H3. The van der Waals surface area contributed by atoms with Gasteiger partial charge in [-0.25, -0.2) is 0 Å². The Morgan fingerprint density at radius 1 is 1.44 bits per heavy atom. The number of hydrogen-bond acceptors (Lipinski definition) is 3. The van der Waals surface area contributed by atoms with Crippen molar-refractivity contribution in [3.63, 3.8) is 0 Å². The van der Waals surface area contributed by atoms with Gasteiger partial charge in [0.2, 0.25) is 0 Å². The maximum absolute atomic E-state index is 5.83. The van der Waals surface area contributed by atoms with Gasteiger partial charge in [0.1, 0.15) is 5.75 Å². The number of methoxy groups -OCH3 is 1. The zero-order chi connectivity index (χ0) is 11.6. The lowest BCUT2D eigenvalue weighted by molar-refractivity contribution is 0.0152. The SMILES string of the molecule is COc1ccc(C2=NOC(C)(CCl)C2)cc1. The number of hydrogen-bond donors (Lipinski definition) is 0. The number of rotatable bonds is 3. The molecule has 86 valence electrons. The number of halogens is 1. The maximum Gasteiger partial charge on any atom is 0.154 e. The van der Waals surface area contributed by atoms with E-state index >= 15 is 0 Å². The van der Waals surface area contributed by atoms with Crippen LogP contribution in [0, 0.1) is 0 Å². The van der Waals surface area contributed by atoms with Gasteiger partial charge in [-0.2, -0.15) is 0 Å². The predicted octanol–water partition coefficient (Wildman–Crippen LogP) is 2.82. The Balaban J connectivity index is 2.14. The van der Waals surface area contributed by atoms with Gasteiger partial charge in [0, 0.05) is 6.42 Å². The molecule has 16 heavy (non-hydrogen) atoms. The summed E-state index contributed by atoms with van der Waals surface area (Å²) in [5, 5.41) is 4.08. The molecule has 0 fully saturated rings. The van der Waals surface area contributed by atoms with Crippen molar-refractivity contribution in [1.29, 1.82) is 0 Å². The number of nitrogens with zero attached hydrogens (tertiary/aromatic N) is 1. The highest BCUT2D eigenvalue weighted by Crippen LogP contribution is 2.28. The van der Waals surface area contributed by atoms with Gasteiger partial charge in [0.05, 0.1) is 18.7 Å². The zero-order valence-electron chi connectivity index (χ0n) is 9.37. The largest absolute Gasteiger partial charge is 0.497 e. The molecule has 2 rings (SSSR count). The van der Waals surface area contributed by atoms with Gasteiger partial charge in [0.25, 0.3) is 0 Å². The van der Waals surface area contributed by atoms with Gasteiger partial charge < -0.3 is 9.57 Å². The molecule has 3 nitrogen and oxygen atoms in total. The maximum atomic E-state index is 5.83. The highest BCUT2D eigenvalue weighted by Gasteiger charge is 2.33. The molecule has 0 saturated carbocycles. The molecule has 4 heteroatoms. The summed E-state index contributed by atoms with van der Waals surface area (Å²) in [5.41, 5.74) is 1.62. The predicted molar refractivity (Wildman–Crippen MR) is 64.4 cm³/mol. The van der Waals surface area contributed by atoms with E-state index in [1.54, 1.807) is 7.11 Å². The third-order valence-corrected chi connectivity index (χ3v) is 3.19. The van der Waals surface area contributed by atoms with Crippen molar-refractivity contribution in [2.75, 3.05) is 13.0 Å². The van der Waals surface area contributed by atoms with Crippen LogP contribution in [0.4, 0.5) is 0 Å². The quantitative estimate of drug-likeness (QED) is 0.760. The van der Waals surface area contributed by atoms with E-state index in [0.717, 1.165) is 23.4 Å². The fourth-order valence-corrected chi connectivity index (χ4v) is 1.74. The van der Waals surface area contributed by atoms with Crippen LogP contribution in [-0.2, 0) is 4.84 Å². The molecule has 0 radical (unpaired) electrons. The van der Waals surface area contributed by atoms with Gasteiger partial charge in [-0.05, 0) is 36.8 Å². The van der Waals surface area contributed by atoms with Crippen LogP contribution < -0.4 is 4.74 Å². The average Bonchev–Trinajstić information content (AvgIpc) is 2.73. The van der Waals surface area contributed by atoms with Gasteiger partial charge in [-0.15, -0.1) is 11.6 Å². The van der Waals surface area contributed by atoms with E-state index in [2.05, 4.69) is 5.16 Å². The van der Waals surface area contributed by atoms with Crippen LogP contribution in [0.2, 0.25) is 0 Å². The first-order valence-electron chi connectivity index (χ1n) is 5.12. The molecule has 0 bridgehead atoms. The van der Waals surface area contributed by atoms with Crippen molar-refractivity contribution in [3.05, 3.63) is 29.8 Å². The lowest BCUT2D eigenvalue weighted by Gasteiger charge is -2.16. The van der Waals surface area contributed by atoms with Crippen molar-refractivity contribution in [2.24, 2.45) is 5.16 Å². The van der Waals surface area contributed by atoms with Crippen LogP contribution in [0.15, 0.2) is 29.4 Å². The molecule has 1 unspecified atom stereocenters. The highest BCUT2D eigenvalue weighted by molar-refractivity contribution is 6.19. The van der Waals surface area contributed by atoms with Crippen molar-refractivity contribution in [3.8, 4) is 5.75 Å². The molecule has 1 heterocycles. The topological polar surface area (TPSA) is 30.8 Å². The minimum Gasteiger partial charge on any atom is -0.497 e. The smallest absolute Gasteiger partial charge is 0.154 e. The first kappa shape index (κ1) is 11.3. The molecule has 1 aliphatic rings. The van der Waals surface area contributed by atoms with E-state index in [1.807, 2.05) is 31.2 Å². The molecule has 0 saturated heterocycles. The van der Waals surface area contributed by atoms with E-state index in [-0.39, 0.29) is 5.60 Å². The van der Waals surface area contributed by atoms with Crippen molar-refractivity contribution in [2.45, 2.75) is 18.9 Å². The number of oxime groups is 1. The van der Waals surface area contributed by atoms with Crippen molar-refractivity contribution in [1.82, 2.24) is 0 Å². The van der Waals surface area contributed by atoms with Gasteiger partial charge in [0.15, 0.2) is 5.60 Å². The lowest BCUT2D eigenvalue weighted by atomic mass is 9.98. The number of alkyl halides is 1. The molecular weight excluding hydrogens is 226 g/mol. The van der Waals surface area contributed by atoms with Crippen molar-refractivity contribution >= 4 is 17.3 Å². The Hall–Kier alpha value is -1.22. The molecule has 1 aliphatic heterocycles. The van der Waals surface area contributed by atoms with Crippen LogP contribution in [0.5, 0.6) is 5.75 Å². The third-order valence-electron chi connectivity index (χ3n) is 2.62. The third kappa shape index (κ3) is 2.14. The Morgan fingerprint density at radius 2 is 2.12 bits per heavy atom. The zero-order valence-corrected chi connectivity index (χ0v) is 10.1. The van der Waals surface area contributed by atoms with Crippen LogP contribution in [0.25, 0.3) is 0 Å². The summed E-state index contributed by atoms with van der Waals surface area (Å²) in [5.74, 6) is 1.28. The molecule has 1 aromatic carbocycles. The minimum absolute atomic E-state index is 0.364. The number of ether oxygens (including phenoxy) is 1. The van der Waals surface area contributed by atoms with Crippen LogP contribution in [-0.4, -0.2) is 24.3 Å². The van der Waals surface area contributed by atoms with E-state index in [4.69, 9.17) is 21.2 Å². The Labute approximate surface area is 100.0 Å². The van der Waals surface area contributed by atoms with Crippen molar-refractivity contribution < 1.29 is 9.57 Å². The van der Waals surface area contributed by atoms with Gasteiger partial charge >= 0.3 is 0 Å². The average molecular weight is 240 g/mol. The molecule has 0 aromatic heterocycles. The summed E-state index contributed by atoms with van der Waals surface area (Å²) in [6.45, 7) is 1.96. The monoisotopic (exact) mass is 239 g/mol. The first-order valence-corrected chi connectivity index (χ1v) is 5.66. The number of benzene rings is 1. The normalized spacial score (nSPS) is 23.8. The van der Waals surface area contributed by atoms with Gasteiger partial charge in [-0.3, -0.25) is 0 Å². The summed E-state index contributed by atoms with van der Waals surface area (Å²) < 4.78 is 5.10. The lowest BCUT2D eigenvalue weighted by Crippen LogP contribution is -2.26. The summed E-state index contributed by atoms with van der Waals surface area (Å²) >= 11 is 5.83. The molecule has 0 N–H and O–H groups in total. The molecule has 1 atom stereocenters. The van der Waals surface area contributed by atoms with Gasteiger partial charge in [-0.1, -0.05) is 5.16 Å². The van der Waals surface area contributed by atoms with E-state index in [0.29, 0.717) is 5.88 Å². The highest BCUT2D eigenvalue weighted by atomic mass is 35.5. The second kappa shape index (κ2) is 4.34. The summed E-state index contributed by atoms with van der Waals surface area (Å²) in [6, 6.07) is 7.77. The van der Waals surface area contributed by atoms with E-state index < -0.39 is 0 Å². The Morgan fingerprint density at radius 3 is 2.62 bits per heavy atom. The Kier molecular flexibility index (Phi) is 3.06. The summed E-state index contributed by atoms with van der Waals surface area (Å²) in [6.07, 6.45) is 0.739. The van der Waals surface area contributed by atoms with E-state index in [1.165, 1.54) is 0 Å². The second-order valence-corrected chi connectivity index (χ2v) is 4.39. The molecule has 0 aliphatic carbocycles. The molecule has 0 amide bonds. The summed E-state index contributed by atoms with van der Waals surface area (Å²) in [4.78, 5) is 5.34. The van der Waals surface area contributed by atoms with Crippen LogP contribution in [0.1, 0.15) is 18.9 Å². The minimum atomic E-state index is -0.364. The van der Waals surface area contributed by atoms with Crippen LogP contribution in [0.3, 0.4) is 0 Å². The molecule has 1 aromatic rings. The van der Waals surface area contributed by atoms with Crippen LogP contribution >= 0.6 is 11.6 Å². The Bertz CT molecular complexity index is 402. The molecule has 0 spiro atoms. The fourth-order valence-electron chi connectivity index (χ4n) is 1.59. The van der Waals surface area contributed by atoms with E-state index in [9.17, 15) is 0 Å². The second-order valence-electron chi connectivity index (χ2n) is 4.12. The first-order chi connectivity index (χ1) is 7.67.